The summed E-state index contributed by atoms with van der Waals surface area (Å²) in [6, 6.07) is 63.9. The van der Waals surface area contributed by atoms with Crippen molar-refractivity contribution in [2.45, 2.75) is 12.3 Å². The van der Waals surface area contributed by atoms with Gasteiger partial charge in [-0.25, -0.2) is 0 Å². The third-order valence-corrected chi connectivity index (χ3v) is 11.4. The molecule has 0 spiro atoms. The smallest absolute Gasteiger partial charge is 0.0713 e. The molecule has 56 heavy (non-hydrogen) atoms. The van der Waals surface area contributed by atoms with Gasteiger partial charge in [0.1, 0.15) is 0 Å². The molecule has 0 heterocycles. The van der Waals surface area contributed by atoms with Crippen molar-refractivity contribution < 1.29 is 0 Å². The summed E-state index contributed by atoms with van der Waals surface area (Å²) in [5, 5.41) is 13.9. The highest BCUT2D eigenvalue weighted by Crippen LogP contribution is 2.57. The first-order valence-corrected chi connectivity index (χ1v) is 19.2. The Hall–Kier alpha value is -7.09. The van der Waals surface area contributed by atoms with E-state index < -0.39 is 5.41 Å². The molecule has 9 rings (SSSR count). The minimum atomic E-state index is -0.516. The van der Waals surface area contributed by atoms with E-state index in [0.29, 0.717) is 5.71 Å². The van der Waals surface area contributed by atoms with E-state index in [4.69, 9.17) is 0 Å². The summed E-state index contributed by atoms with van der Waals surface area (Å²) in [5.41, 5.74) is 14.6. The van der Waals surface area contributed by atoms with E-state index in [1.165, 1.54) is 55.3 Å². The minimum Gasteiger partial charge on any atom is -0.300 e. The van der Waals surface area contributed by atoms with Crippen LogP contribution >= 0.6 is 0 Å². The first-order valence-electron chi connectivity index (χ1n) is 19.2. The second-order valence-corrected chi connectivity index (χ2v) is 14.5. The molecule has 0 aromatic heterocycles. The highest BCUT2D eigenvalue weighted by atomic mass is 14.5. The lowest BCUT2D eigenvalue weighted by atomic mass is 9.67. The van der Waals surface area contributed by atoms with Gasteiger partial charge in [0.15, 0.2) is 0 Å². The van der Waals surface area contributed by atoms with Gasteiger partial charge in [-0.15, -0.1) is 0 Å². The van der Waals surface area contributed by atoms with Gasteiger partial charge in [0.05, 0.1) is 11.1 Å². The van der Waals surface area contributed by atoms with Crippen LogP contribution in [0.3, 0.4) is 0 Å². The Balaban J connectivity index is 1.34. The van der Waals surface area contributed by atoms with Crippen LogP contribution in [0.25, 0.3) is 54.9 Å². The molecule has 0 fully saturated rings. The molecule has 266 valence electrons. The summed E-state index contributed by atoms with van der Waals surface area (Å²) in [6.45, 7) is 10.3. The number of hydrogen-bond acceptors (Lipinski definition) is 1. The Morgan fingerprint density at radius 2 is 1.00 bits per heavy atom. The summed E-state index contributed by atoms with van der Waals surface area (Å²) in [6.07, 6.45) is 7.61. The van der Waals surface area contributed by atoms with Crippen LogP contribution in [0, 0.1) is 5.41 Å². The summed E-state index contributed by atoms with van der Waals surface area (Å²) >= 11 is 0. The zero-order chi connectivity index (χ0) is 38.2. The average Bonchev–Trinajstić information content (AvgIpc) is 3.55. The molecule has 8 aromatic carbocycles. The molecule has 8 aromatic rings. The van der Waals surface area contributed by atoms with Crippen LogP contribution in [0.15, 0.2) is 225 Å². The van der Waals surface area contributed by atoms with Crippen molar-refractivity contribution in [3.05, 3.63) is 252 Å². The lowest BCUT2D eigenvalue weighted by Gasteiger charge is -2.34. The van der Waals surface area contributed by atoms with Crippen LogP contribution in [0.1, 0.15) is 34.7 Å². The number of rotatable bonds is 9. The van der Waals surface area contributed by atoms with Crippen LogP contribution in [0.4, 0.5) is 0 Å². The van der Waals surface area contributed by atoms with Gasteiger partial charge < -0.3 is 5.41 Å². The third kappa shape index (κ3) is 5.60. The molecule has 0 saturated carbocycles. The predicted octanol–water partition coefficient (Wildman–Crippen LogP) is 14.3. The maximum Gasteiger partial charge on any atom is 0.0713 e. The number of hydrogen-bond donors (Lipinski definition) is 1. The molecule has 1 aliphatic carbocycles. The van der Waals surface area contributed by atoms with Gasteiger partial charge in [-0.1, -0.05) is 195 Å². The number of allylic oxidation sites excluding steroid dienone is 6. The van der Waals surface area contributed by atoms with E-state index in [2.05, 4.69) is 189 Å². The Morgan fingerprint density at radius 3 is 1.66 bits per heavy atom. The number of nitrogens with one attached hydrogen (secondary N) is 1. The van der Waals surface area contributed by atoms with Crippen molar-refractivity contribution in [3.63, 3.8) is 0 Å². The van der Waals surface area contributed by atoms with Crippen molar-refractivity contribution in [2.75, 3.05) is 0 Å². The zero-order valence-corrected chi connectivity index (χ0v) is 31.5. The van der Waals surface area contributed by atoms with Crippen molar-refractivity contribution >= 4 is 27.3 Å². The Morgan fingerprint density at radius 1 is 0.464 bits per heavy atom. The zero-order valence-electron chi connectivity index (χ0n) is 31.5. The van der Waals surface area contributed by atoms with E-state index in [-0.39, 0.29) is 0 Å². The maximum atomic E-state index is 9.24. The van der Waals surface area contributed by atoms with Crippen molar-refractivity contribution in [3.8, 4) is 33.4 Å². The van der Waals surface area contributed by atoms with Gasteiger partial charge in [0, 0.05) is 5.56 Å². The molecular weight excluding hydrogens is 675 g/mol. The van der Waals surface area contributed by atoms with Gasteiger partial charge in [-0.3, -0.25) is 0 Å². The van der Waals surface area contributed by atoms with Gasteiger partial charge in [0.2, 0.25) is 0 Å². The number of benzene rings is 8. The standard InChI is InChI=1S/C55H41N/c1-4-18-37(2)38(3)29-34-52(56)40-30-33-48-49(35-40)54(47-27-15-14-26-46(47)53(48)39-19-8-5-9-20-39)41-31-32-45-44-25-16-17-28-50(44)55(51(45)36-41,42-21-10-6-11-22-42)43-23-12-7-13-24-43/h4-36,56H,2-3H2,1H3/b18-4-,34-29-,56-52?. The lowest BCUT2D eigenvalue weighted by Crippen LogP contribution is -2.28. The van der Waals surface area contributed by atoms with Crippen LogP contribution in [0.5, 0.6) is 0 Å². The summed E-state index contributed by atoms with van der Waals surface area (Å²) < 4.78 is 0. The van der Waals surface area contributed by atoms with E-state index >= 15 is 0 Å². The van der Waals surface area contributed by atoms with E-state index in [1.807, 2.05) is 31.2 Å². The first-order chi connectivity index (χ1) is 27.5. The van der Waals surface area contributed by atoms with E-state index in [1.54, 1.807) is 0 Å². The summed E-state index contributed by atoms with van der Waals surface area (Å²) in [5.74, 6) is 0. The molecule has 0 bridgehead atoms. The fourth-order valence-electron chi connectivity index (χ4n) is 8.87. The fraction of sp³-hybridized carbons (Fsp3) is 0.0364. The van der Waals surface area contributed by atoms with Gasteiger partial charge >= 0.3 is 0 Å². The van der Waals surface area contributed by atoms with Crippen molar-refractivity contribution in [1.82, 2.24) is 0 Å². The average molecular weight is 716 g/mol. The molecule has 1 N–H and O–H groups in total. The van der Waals surface area contributed by atoms with Crippen LogP contribution in [-0.4, -0.2) is 5.71 Å². The van der Waals surface area contributed by atoms with Crippen LogP contribution in [-0.2, 0) is 5.41 Å². The van der Waals surface area contributed by atoms with Crippen molar-refractivity contribution in [1.29, 1.82) is 5.41 Å². The molecule has 0 saturated heterocycles. The maximum absolute atomic E-state index is 9.24. The Kier molecular flexibility index (Phi) is 8.84. The molecule has 0 atom stereocenters. The van der Waals surface area contributed by atoms with E-state index in [9.17, 15) is 5.41 Å². The second-order valence-electron chi connectivity index (χ2n) is 14.5. The normalized spacial score (nSPS) is 12.9. The van der Waals surface area contributed by atoms with Crippen LogP contribution in [0.2, 0.25) is 0 Å². The SMILES string of the molecule is C=C(/C=C\C)C(=C)/C=C\C(=N)c1ccc2c(-c3ccccc3)c3ccccc3c(-c3ccc4c(c3)C(c3ccccc3)(c3ccccc3)c3ccccc3-4)c2c1. The lowest BCUT2D eigenvalue weighted by molar-refractivity contribution is 0.769. The highest BCUT2D eigenvalue weighted by molar-refractivity contribution is 6.23. The number of fused-ring (bicyclic) bond motifs is 5. The molecule has 0 radical (unpaired) electrons. The predicted molar refractivity (Wildman–Crippen MR) is 239 cm³/mol. The molecular formula is C55H41N. The largest absolute Gasteiger partial charge is 0.300 e. The third-order valence-electron chi connectivity index (χ3n) is 11.4. The minimum absolute atomic E-state index is 0.415. The summed E-state index contributed by atoms with van der Waals surface area (Å²) in [7, 11) is 0. The Bertz CT molecular complexity index is 2850. The molecule has 1 nitrogen and oxygen atoms in total. The quantitative estimate of drug-likeness (QED) is 0.0874. The van der Waals surface area contributed by atoms with E-state index in [0.717, 1.165) is 38.6 Å². The van der Waals surface area contributed by atoms with Crippen molar-refractivity contribution in [2.24, 2.45) is 0 Å². The molecule has 1 heteroatoms. The first kappa shape index (κ1) is 34.7. The summed E-state index contributed by atoms with van der Waals surface area (Å²) in [4.78, 5) is 0. The molecule has 0 aliphatic heterocycles. The van der Waals surface area contributed by atoms with Crippen LogP contribution < -0.4 is 0 Å². The highest BCUT2D eigenvalue weighted by Gasteiger charge is 2.46. The Labute approximate surface area is 329 Å². The fourth-order valence-corrected chi connectivity index (χ4v) is 8.87. The second kappa shape index (κ2) is 14.3. The molecule has 0 amide bonds. The molecule has 1 aliphatic rings. The topological polar surface area (TPSA) is 23.9 Å². The van der Waals surface area contributed by atoms with Gasteiger partial charge in [0.25, 0.3) is 0 Å². The monoisotopic (exact) mass is 715 g/mol. The molecule has 0 unspecified atom stereocenters. The van der Waals surface area contributed by atoms with Gasteiger partial charge in [-0.05, 0) is 113 Å². The van der Waals surface area contributed by atoms with Gasteiger partial charge in [-0.2, -0.15) is 0 Å².